The second kappa shape index (κ2) is 8.62. The number of hydrogen-bond acceptors (Lipinski definition) is 3. The first-order valence-corrected chi connectivity index (χ1v) is 8.53. The van der Waals surface area contributed by atoms with E-state index in [4.69, 9.17) is 11.6 Å². The Kier molecular flexibility index (Phi) is 6.81. The largest absolute Gasteiger partial charge is 0.369 e. The van der Waals surface area contributed by atoms with Crippen LogP contribution in [-0.4, -0.2) is 50.2 Å². The molecule has 118 valence electrons. The molecule has 2 rings (SSSR count). The minimum atomic E-state index is 0.644. The molecule has 0 bridgehead atoms. The van der Waals surface area contributed by atoms with Gasteiger partial charge in [0.2, 0.25) is 0 Å². The van der Waals surface area contributed by atoms with Gasteiger partial charge in [0, 0.05) is 56.0 Å². The molecule has 1 aromatic rings. The van der Waals surface area contributed by atoms with Gasteiger partial charge in [-0.3, -0.25) is 4.90 Å². The summed E-state index contributed by atoms with van der Waals surface area (Å²) >= 11 is 5.95. The fourth-order valence-corrected chi connectivity index (χ4v) is 3.01. The Bertz CT molecular complexity index is 399. The molecule has 0 radical (unpaired) electrons. The second-order valence-electron chi connectivity index (χ2n) is 5.95. The Labute approximate surface area is 134 Å². The molecule has 1 unspecified atom stereocenters. The van der Waals surface area contributed by atoms with Gasteiger partial charge in [0.05, 0.1) is 0 Å². The SMILES string of the molecule is CCCC(C)NCCN1CCN(c2ccc(Cl)cc2)CC1. The van der Waals surface area contributed by atoms with Gasteiger partial charge in [0.15, 0.2) is 0 Å². The van der Waals surface area contributed by atoms with E-state index in [1.165, 1.54) is 18.5 Å². The zero-order valence-electron chi connectivity index (χ0n) is 13.3. The lowest BCUT2D eigenvalue weighted by atomic mass is 10.2. The standard InChI is InChI=1S/C17H28ClN3/c1-3-4-15(2)19-9-10-20-11-13-21(14-12-20)17-7-5-16(18)6-8-17/h5-8,15,19H,3-4,9-14H2,1-2H3. The maximum Gasteiger partial charge on any atom is 0.0407 e. The average molecular weight is 310 g/mol. The third-order valence-corrected chi connectivity index (χ3v) is 4.46. The molecular weight excluding hydrogens is 282 g/mol. The quantitative estimate of drug-likeness (QED) is 0.834. The lowest BCUT2D eigenvalue weighted by molar-refractivity contribution is 0.254. The van der Waals surface area contributed by atoms with Crippen LogP contribution in [-0.2, 0) is 0 Å². The molecule has 1 aliphatic heterocycles. The third-order valence-electron chi connectivity index (χ3n) is 4.21. The van der Waals surface area contributed by atoms with Crippen molar-refractivity contribution < 1.29 is 0 Å². The van der Waals surface area contributed by atoms with Gasteiger partial charge >= 0.3 is 0 Å². The maximum atomic E-state index is 5.95. The number of nitrogens with one attached hydrogen (secondary N) is 1. The molecule has 0 aromatic heterocycles. The smallest absolute Gasteiger partial charge is 0.0407 e. The van der Waals surface area contributed by atoms with Gasteiger partial charge in [-0.15, -0.1) is 0 Å². The molecule has 1 fully saturated rings. The highest BCUT2D eigenvalue weighted by Crippen LogP contribution is 2.19. The Hall–Kier alpha value is -0.770. The van der Waals surface area contributed by atoms with E-state index in [2.05, 4.69) is 41.1 Å². The molecule has 0 saturated carbocycles. The number of anilines is 1. The summed E-state index contributed by atoms with van der Waals surface area (Å²) < 4.78 is 0. The van der Waals surface area contributed by atoms with Gasteiger partial charge < -0.3 is 10.2 Å². The maximum absolute atomic E-state index is 5.95. The number of halogens is 1. The molecule has 1 saturated heterocycles. The molecule has 21 heavy (non-hydrogen) atoms. The van der Waals surface area contributed by atoms with E-state index in [1.807, 2.05) is 12.1 Å². The van der Waals surface area contributed by atoms with E-state index in [0.29, 0.717) is 6.04 Å². The van der Waals surface area contributed by atoms with E-state index in [1.54, 1.807) is 0 Å². The predicted octanol–water partition coefficient (Wildman–Crippen LogP) is 3.24. The first kappa shape index (κ1) is 16.6. The summed E-state index contributed by atoms with van der Waals surface area (Å²) in [5, 5.41) is 4.42. The van der Waals surface area contributed by atoms with Crippen molar-refractivity contribution in [2.24, 2.45) is 0 Å². The monoisotopic (exact) mass is 309 g/mol. The first-order chi connectivity index (χ1) is 10.2. The van der Waals surface area contributed by atoms with Gasteiger partial charge in [-0.25, -0.2) is 0 Å². The van der Waals surface area contributed by atoms with Crippen molar-refractivity contribution in [2.75, 3.05) is 44.2 Å². The first-order valence-electron chi connectivity index (χ1n) is 8.15. The van der Waals surface area contributed by atoms with Crippen LogP contribution in [0.15, 0.2) is 24.3 Å². The summed E-state index contributed by atoms with van der Waals surface area (Å²) in [5.41, 5.74) is 1.29. The van der Waals surface area contributed by atoms with Crippen LogP contribution in [0.4, 0.5) is 5.69 Å². The highest BCUT2D eigenvalue weighted by Gasteiger charge is 2.16. The number of piperazine rings is 1. The lowest BCUT2D eigenvalue weighted by Gasteiger charge is -2.36. The molecule has 4 heteroatoms. The molecule has 0 amide bonds. The fourth-order valence-electron chi connectivity index (χ4n) is 2.89. The van der Waals surface area contributed by atoms with Crippen molar-refractivity contribution in [3.63, 3.8) is 0 Å². The van der Waals surface area contributed by atoms with Crippen LogP contribution >= 0.6 is 11.6 Å². The van der Waals surface area contributed by atoms with Gasteiger partial charge in [-0.05, 0) is 37.6 Å². The molecule has 3 nitrogen and oxygen atoms in total. The van der Waals surface area contributed by atoms with Crippen molar-refractivity contribution in [3.05, 3.63) is 29.3 Å². The van der Waals surface area contributed by atoms with Crippen LogP contribution in [0.2, 0.25) is 5.02 Å². The predicted molar refractivity (Wildman–Crippen MR) is 92.5 cm³/mol. The van der Waals surface area contributed by atoms with E-state index < -0.39 is 0 Å². The Morgan fingerprint density at radius 3 is 2.43 bits per heavy atom. The number of rotatable bonds is 7. The zero-order chi connectivity index (χ0) is 15.1. The van der Waals surface area contributed by atoms with Crippen LogP contribution in [0.1, 0.15) is 26.7 Å². The van der Waals surface area contributed by atoms with Crippen molar-refractivity contribution in [1.29, 1.82) is 0 Å². The van der Waals surface area contributed by atoms with Gasteiger partial charge in [-0.1, -0.05) is 24.9 Å². The van der Waals surface area contributed by atoms with Crippen LogP contribution in [0.3, 0.4) is 0 Å². The summed E-state index contributed by atoms with van der Waals surface area (Å²) in [4.78, 5) is 5.00. The topological polar surface area (TPSA) is 18.5 Å². The Morgan fingerprint density at radius 2 is 1.81 bits per heavy atom. The molecular formula is C17H28ClN3. The average Bonchev–Trinajstić information content (AvgIpc) is 2.49. The second-order valence-corrected chi connectivity index (χ2v) is 6.39. The van der Waals surface area contributed by atoms with Crippen LogP contribution in [0.5, 0.6) is 0 Å². The van der Waals surface area contributed by atoms with Gasteiger partial charge in [0.25, 0.3) is 0 Å². The fraction of sp³-hybridized carbons (Fsp3) is 0.647. The minimum absolute atomic E-state index is 0.644. The van der Waals surface area contributed by atoms with Crippen molar-refractivity contribution in [1.82, 2.24) is 10.2 Å². The number of hydrogen-bond donors (Lipinski definition) is 1. The molecule has 1 atom stereocenters. The summed E-state index contributed by atoms with van der Waals surface area (Å²) in [6, 6.07) is 8.83. The van der Waals surface area contributed by atoms with Crippen LogP contribution in [0, 0.1) is 0 Å². The highest BCUT2D eigenvalue weighted by molar-refractivity contribution is 6.30. The van der Waals surface area contributed by atoms with Crippen molar-refractivity contribution in [2.45, 2.75) is 32.7 Å². The summed E-state index contributed by atoms with van der Waals surface area (Å²) in [7, 11) is 0. The summed E-state index contributed by atoms with van der Waals surface area (Å²) in [5.74, 6) is 0. The summed E-state index contributed by atoms with van der Waals surface area (Å²) in [6.45, 7) is 11.3. The third kappa shape index (κ3) is 5.50. The zero-order valence-corrected chi connectivity index (χ0v) is 14.1. The molecule has 0 spiro atoms. The molecule has 1 N–H and O–H groups in total. The minimum Gasteiger partial charge on any atom is -0.369 e. The van der Waals surface area contributed by atoms with Crippen LogP contribution < -0.4 is 10.2 Å². The van der Waals surface area contributed by atoms with E-state index in [9.17, 15) is 0 Å². The van der Waals surface area contributed by atoms with Crippen LogP contribution in [0.25, 0.3) is 0 Å². The molecule has 1 aromatic carbocycles. The molecule has 1 aliphatic rings. The lowest BCUT2D eigenvalue weighted by Crippen LogP contribution is -2.48. The van der Waals surface area contributed by atoms with Crippen molar-refractivity contribution in [3.8, 4) is 0 Å². The van der Waals surface area contributed by atoms with Gasteiger partial charge in [-0.2, -0.15) is 0 Å². The highest BCUT2D eigenvalue weighted by atomic mass is 35.5. The molecule has 0 aliphatic carbocycles. The number of benzene rings is 1. The van der Waals surface area contributed by atoms with Gasteiger partial charge in [0.1, 0.15) is 0 Å². The number of nitrogens with zero attached hydrogens (tertiary/aromatic N) is 2. The van der Waals surface area contributed by atoms with E-state index in [0.717, 1.165) is 44.3 Å². The Morgan fingerprint density at radius 1 is 1.14 bits per heavy atom. The Balaban J connectivity index is 1.67. The molecule has 1 heterocycles. The normalized spacial score (nSPS) is 18.0. The summed E-state index contributed by atoms with van der Waals surface area (Å²) in [6.07, 6.45) is 2.53. The van der Waals surface area contributed by atoms with E-state index in [-0.39, 0.29) is 0 Å². The van der Waals surface area contributed by atoms with E-state index >= 15 is 0 Å². The van der Waals surface area contributed by atoms with Crippen molar-refractivity contribution >= 4 is 17.3 Å².